The summed E-state index contributed by atoms with van der Waals surface area (Å²) >= 11 is 3.52. The fraction of sp³-hybridized carbons (Fsp3) is 0.500. The number of likely N-dealkylation sites (tertiary alicyclic amines) is 1. The molecule has 2 heterocycles. The highest BCUT2D eigenvalue weighted by Gasteiger charge is 2.43. The molecule has 1 aromatic heterocycles. The van der Waals surface area contributed by atoms with Crippen LogP contribution in [0, 0.1) is 0 Å². The van der Waals surface area contributed by atoms with Crippen LogP contribution in [0.25, 0.3) is 10.8 Å². The molecule has 1 aromatic carbocycles. The van der Waals surface area contributed by atoms with Crippen molar-refractivity contribution < 1.29 is 28.9 Å². The van der Waals surface area contributed by atoms with Crippen LogP contribution in [0.15, 0.2) is 28.9 Å². The largest absolute Gasteiger partial charge is 0.496 e. The van der Waals surface area contributed by atoms with E-state index in [1.165, 1.54) is 4.90 Å². The Morgan fingerprint density at radius 3 is 2.45 bits per heavy atom. The number of benzene rings is 1. The summed E-state index contributed by atoms with van der Waals surface area (Å²) in [6, 6.07) is 4.44. The number of aromatic nitrogens is 1. The summed E-state index contributed by atoms with van der Waals surface area (Å²) in [6.07, 6.45) is 0.554. The van der Waals surface area contributed by atoms with Crippen LogP contribution in [0.3, 0.4) is 0 Å². The molecule has 1 aliphatic heterocycles. The van der Waals surface area contributed by atoms with E-state index >= 15 is 0 Å². The lowest BCUT2D eigenvalue weighted by Gasteiger charge is -2.26. The number of amides is 1. The predicted molar refractivity (Wildman–Crippen MR) is 121 cm³/mol. The maximum Gasteiger partial charge on any atom is 0.411 e. The van der Waals surface area contributed by atoms with Gasteiger partial charge in [0.2, 0.25) is 5.88 Å². The lowest BCUT2D eigenvalue weighted by atomic mass is 10.1. The van der Waals surface area contributed by atoms with E-state index in [9.17, 15) is 14.7 Å². The zero-order valence-electron chi connectivity index (χ0n) is 18.6. The number of methoxy groups -OCH3 is 1. The van der Waals surface area contributed by atoms with E-state index in [0.717, 1.165) is 15.2 Å². The summed E-state index contributed by atoms with van der Waals surface area (Å²) in [5, 5.41) is 11.1. The van der Waals surface area contributed by atoms with Crippen molar-refractivity contribution in [3.05, 3.63) is 28.9 Å². The Morgan fingerprint density at radius 2 is 1.87 bits per heavy atom. The van der Waals surface area contributed by atoms with Gasteiger partial charge in [-0.3, -0.25) is 4.90 Å². The summed E-state index contributed by atoms with van der Waals surface area (Å²) in [5.74, 6) is -0.0519. The van der Waals surface area contributed by atoms with Gasteiger partial charge in [-0.25, -0.2) is 14.6 Å². The second-order valence-corrected chi connectivity index (χ2v) is 8.55. The molecule has 0 aliphatic carbocycles. The number of rotatable bonds is 4. The molecule has 1 aliphatic rings. The molecule has 0 spiro atoms. The molecule has 1 fully saturated rings. The van der Waals surface area contributed by atoms with Gasteiger partial charge in [0.25, 0.3) is 0 Å². The van der Waals surface area contributed by atoms with Gasteiger partial charge in [-0.15, -0.1) is 0 Å². The number of nitrogens with zero attached hydrogens (tertiary/aromatic N) is 2. The highest BCUT2D eigenvalue weighted by molar-refractivity contribution is 9.10. The lowest BCUT2D eigenvalue weighted by Crippen LogP contribution is -2.43. The standard InChI is InChI=1S/C20H23BrN2O6.C2H6/c1-20(2,3)29-19(26)23-10-11(9-14(23)18(24)25)28-17-13-5-6-15(27-4)16(21)12(13)7-8-22-17;1-2/h5-8,11,14H,9-10H2,1-4H3,(H,24,25);1-2H3/t11-,14+;/m1./s1. The molecule has 2 atom stereocenters. The summed E-state index contributed by atoms with van der Waals surface area (Å²) in [7, 11) is 1.58. The fourth-order valence-electron chi connectivity index (χ4n) is 3.22. The maximum atomic E-state index is 12.5. The van der Waals surface area contributed by atoms with Crippen LogP contribution in [0.2, 0.25) is 0 Å². The summed E-state index contributed by atoms with van der Waals surface area (Å²) in [6.45, 7) is 9.30. The minimum Gasteiger partial charge on any atom is -0.496 e. The molecule has 9 heteroatoms. The number of aliphatic carboxylic acids is 1. The first-order chi connectivity index (χ1) is 14.6. The first-order valence-electron chi connectivity index (χ1n) is 10.1. The molecule has 0 radical (unpaired) electrons. The quantitative estimate of drug-likeness (QED) is 0.644. The van der Waals surface area contributed by atoms with Crippen molar-refractivity contribution in [3.63, 3.8) is 0 Å². The van der Waals surface area contributed by atoms with Crippen molar-refractivity contribution in [2.45, 2.75) is 58.8 Å². The SMILES string of the molecule is CC.COc1ccc2c(O[C@@H]3C[C@@H](C(=O)O)N(C(=O)OC(C)(C)C)C3)nccc2c1Br. The molecular formula is C22H29BrN2O6. The minimum absolute atomic E-state index is 0.0985. The predicted octanol–water partition coefficient (Wildman–Crippen LogP) is 4.87. The number of carboxylic acid groups (broad SMARTS) is 1. The molecule has 170 valence electrons. The number of carbonyl (C=O) groups is 2. The van der Waals surface area contributed by atoms with Crippen LogP contribution in [0.4, 0.5) is 4.79 Å². The van der Waals surface area contributed by atoms with Crippen molar-refractivity contribution in [2.75, 3.05) is 13.7 Å². The normalized spacial score (nSPS) is 18.2. The van der Waals surface area contributed by atoms with E-state index in [-0.39, 0.29) is 13.0 Å². The molecule has 1 saturated heterocycles. The summed E-state index contributed by atoms with van der Waals surface area (Å²) < 4.78 is 17.5. The van der Waals surface area contributed by atoms with Crippen molar-refractivity contribution in [2.24, 2.45) is 0 Å². The van der Waals surface area contributed by atoms with Gasteiger partial charge in [-0.2, -0.15) is 0 Å². The molecule has 0 saturated carbocycles. The van der Waals surface area contributed by atoms with E-state index in [1.54, 1.807) is 40.1 Å². The smallest absolute Gasteiger partial charge is 0.411 e. The van der Waals surface area contributed by atoms with Gasteiger partial charge < -0.3 is 19.3 Å². The Kier molecular flexibility index (Phi) is 8.11. The number of carbonyl (C=O) groups excluding carboxylic acids is 1. The molecular weight excluding hydrogens is 468 g/mol. The Balaban J connectivity index is 0.00000166. The highest BCUT2D eigenvalue weighted by atomic mass is 79.9. The first-order valence-corrected chi connectivity index (χ1v) is 10.9. The van der Waals surface area contributed by atoms with E-state index in [0.29, 0.717) is 11.6 Å². The second kappa shape index (κ2) is 10.2. The Morgan fingerprint density at radius 1 is 1.19 bits per heavy atom. The Labute approximate surface area is 190 Å². The number of carboxylic acids is 1. The van der Waals surface area contributed by atoms with Crippen LogP contribution in [0.5, 0.6) is 11.6 Å². The third-order valence-corrected chi connectivity index (χ3v) is 5.30. The van der Waals surface area contributed by atoms with Crippen LogP contribution < -0.4 is 9.47 Å². The van der Waals surface area contributed by atoms with E-state index in [4.69, 9.17) is 14.2 Å². The highest BCUT2D eigenvalue weighted by Crippen LogP contribution is 2.37. The fourth-order valence-corrected chi connectivity index (χ4v) is 3.86. The van der Waals surface area contributed by atoms with Gasteiger partial charge in [0.1, 0.15) is 23.5 Å². The van der Waals surface area contributed by atoms with Crippen molar-refractivity contribution in [3.8, 4) is 11.6 Å². The van der Waals surface area contributed by atoms with Gasteiger partial charge in [0.05, 0.1) is 18.1 Å². The third-order valence-electron chi connectivity index (χ3n) is 4.48. The van der Waals surface area contributed by atoms with Gasteiger partial charge in [-0.05, 0) is 54.9 Å². The molecule has 1 amide bonds. The number of fused-ring (bicyclic) bond motifs is 1. The molecule has 8 nitrogen and oxygen atoms in total. The van der Waals surface area contributed by atoms with Crippen LogP contribution >= 0.6 is 15.9 Å². The molecule has 2 aromatic rings. The monoisotopic (exact) mass is 496 g/mol. The van der Waals surface area contributed by atoms with Crippen molar-refractivity contribution in [1.29, 1.82) is 0 Å². The van der Waals surface area contributed by atoms with Crippen LogP contribution in [-0.4, -0.2) is 58.5 Å². The number of pyridine rings is 1. The number of hydrogen-bond acceptors (Lipinski definition) is 6. The zero-order valence-corrected chi connectivity index (χ0v) is 20.2. The molecule has 0 bridgehead atoms. The first kappa shape index (κ1) is 24.7. The van der Waals surface area contributed by atoms with E-state index in [1.807, 2.05) is 26.0 Å². The lowest BCUT2D eigenvalue weighted by molar-refractivity contribution is -0.142. The molecule has 1 N–H and O–H groups in total. The second-order valence-electron chi connectivity index (χ2n) is 7.76. The Bertz CT molecular complexity index is 943. The number of ether oxygens (including phenoxy) is 3. The summed E-state index contributed by atoms with van der Waals surface area (Å²) in [5.41, 5.74) is -0.721. The third kappa shape index (κ3) is 5.78. The van der Waals surface area contributed by atoms with E-state index in [2.05, 4.69) is 20.9 Å². The summed E-state index contributed by atoms with van der Waals surface area (Å²) in [4.78, 5) is 29.6. The van der Waals surface area contributed by atoms with Crippen LogP contribution in [0.1, 0.15) is 41.0 Å². The van der Waals surface area contributed by atoms with Gasteiger partial charge in [-0.1, -0.05) is 13.8 Å². The average molecular weight is 497 g/mol. The zero-order chi connectivity index (χ0) is 23.3. The molecule has 0 unspecified atom stereocenters. The minimum atomic E-state index is -1.10. The number of hydrogen-bond donors (Lipinski definition) is 1. The average Bonchev–Trinajstić information content (AvgIpc) is 3.14. The van der Waals surface area contributed by atoms with Gasteiger partial charge in [0, 0.05) is 23.4 Å². The van der Waals surface area contributed by atoms with Gasteiger partial charge >= 0.3 is 12.1 Å². The van der Waals surface area contributed by atoms with Crippen molar-refractivity contribution in [1.82, 2.24) is 9.88 Å². The Hall–Kier alpha value is -2.55. The topological polar surface area (TPSA) is 98.2 Å². The maximum absolute atomic E-state index is 12.5. The molecule has 3 rings (SSSR count). The van der Waals surface area contributed by atoms with Gasteiger partial charge in [0.15, 0.2) is 0 Å². The molecule has 31 heavy (non-hydrogen) atoms. The van der Waals surface area contributed by atoms with Crippen LogP contribution in [-0.2, 0) is 9.53 Å². The van der Waals surface area contributed by atoms with Crippen molar-refractivity contribution >= 4 is 38.8 Å². The van der Waals surface area contributed by atoms with E-state index < -0.39 is 29.8 Å². The number of halogens is 1.